The first-order valence-corrected chi connectivity index (χ1v) is 16.8. The molecule has 0 spiro atoms. The van der Waals surface area contributed by atoms with Crippen molar-refractivity contribution in [2.24, 2.45) is 41.7 Å². The average Bonchev–Trinajstić information content (AvgIpc) is 3.51. The van der Waals surface area contributed by atoms with E-state index in [1.165, 1.54) is 22.7 Å². The van der Waals surface area contributed by atoms with Crippen molar-refractivity contribution in [3.63, 3.8) is 0 Å². The third-order valence-corrected chi connectivity index (χ3v) is 8.56. The van der Waals surface area contributed by atoms with Crippen LogP contribution in [0.15, 0.2) is 41.7 Å². The average molecular weight is 678 g/mol. The maximum Gasteiger partial charge on any atom is 0.366 e. The van der Waals surface area contributed by atoms with Gasteiger partial charge in [-0.1, -0.05) is 0 Å². The number of carboxylic acid groups (broad SMARTS) is 2. The van der Waals surface area contributed by atoms with Crippen molar-refractivity contribution in [3.05, 3.63) is 34.3 Å². The highest BCUT2D eigenvalue weighted by atomic mass is 32.2. The third-order valence-electron chi connectivity index (χ3n) is 4.10. The van der Waals surface area contributed by atoms with Crippen LogP contribution in [-0.2, 0) is 31.3 Å². The van der Waals surface area contributed by atoms with Gasteiger partial charge in [0.15, 0.2) is 11.9 Å². The van der Waals surface area contributed by atoms with Gasteiger partial charge in [-0.2, -0.15) is 41.9 Å². The fourth-order valence-corrected chi connectivity index (χ4v) is 6.78. The lowest BCUT2D eigenvalue weighted by molar-refractivity contribution is -0.134. The van der Waals surface area contributed by atoms with Crippen molar-refractivity contribution in [2.75, 3.05) is 11.5 Å². The van der Waals surface area contributed by atoms with E-state index in [1.807, 2.05) is 10.8 Å². The van der Waals surface area contributed by atoms with Crippen LogP contribution in [-0.4, -0.2) is 75.6 Å². The molecule has 1 aliphatic heterocycles. The SMILES string of the molecule is NC(N)=Nc1nc(CSCCC2=NS(=O)(=O)N=C(CCSCc3csc(N=C(N)N)n3)N2)cs1.O=C(O)/C=C\C(=O)O. The summed E-state index contributed by atoms with van der Waals surface area (Å²) >= 11 is 5.90. The highest BCUT2D eigenvalue weighted by molar-refractivity contribution is 7.98. The Labute approximate surface area is 256 Å². The Balaban J connectivity index is 0.000000675. The molecular weight excluding hydrogens is 651 g/mol. The van der Waals surface area contributed by atoms with Crippen LogP contribution >= 0.6 is 46.2 Å². The van der Waals surface area contributed by atoms with Crippen molar-refractivity contribution in [1.82, 2.24) is 15.3 Å². The molecular formula is C20H27N11O6S5. The molecule has 0 radical (unpaired) electrons. The Bertz CT molecular complexity index is 1390. The lowest BCUT2D eigenvalue weighted by Crippen LogP contribution is -2.35. The van der Waals surface area contributed by atoms with Crippen LogP contribution in [0.4, 0.5) is 10.3 Å². The first-order chi connectivity index (χ1) is 19.8. The highest BCUT2D eigenvalue weighted by Crippen LogP contribution is 2.23. The lowest BCUT2D eigenvalue weighted by atomic mass is 10.4. The number of nitrogens with one attached hydrogen (secondary N) is 1. The molecule has 0 fully saturated rings. The molecule has 0 unspecified atom stereocenters. The number of rotatable bonds is 14. The zero-order chi connectivity index (χ0) is 31.1. The second-order valence-electron chi connectivity index (χ2n) is 7.58. The normalized spacial score (nSPS) is 13.6. The fraction of sp³-hybridized carbons (Fsp3) is 0.300. The number of hydrogen-bond donors (Lipinski definition) is 7. The van der Waals surface area contributed by atoms with Gasteiger partial charge in [0.05, 0.1) is 11.4 Å². The van der Waals surface area contributed by atoms with Crippen LogP contribution in [0.25, 0.3) is 0 Å². The van der Waals surface area contributed by atoms with Crippen LogP contribution in [0.2, 0.25) is 0 Å². The second-order valence-corrected chi connectivity index (χ2v) is 12.7. The van der Waals surface area contributed by atoms with Gasteiger partial charge in [0.25, 0.3) is 0 Å². The van der Waals surface area contributed by atoms with Crippen LogP contribution in [0.1, 0.15) is 24.2 Å². The van der Waals surface area contributed by atoms with E-state index in [0.29, 0.717) is 69.9 Å². The summed E-state index contributed by atoms with van der Waals surface area (Å²) in [6, 6.07) is 0. The minimum atomic E-state index is -3.88. The van der Waals surface area contributed by atoms with E-state index in [-0.39, 0.29) is 11.9 Å². The number of thiazole rings is 2. The van der Waals surface area contributed by atoms with E-state index in [1.54, 1.807) is 23.5 Å². The van der Waals surface area contributed by atoms with Crippen molar-refractivity contribution >= 4 is 102 Å². The Morgan fingerprint density at radius 3 is 1.60 bits per heavy atom. The molecule has 1 aliphatic rings. The Morgan fingerprint density at radius 2 is 1.24 bits per heavy atom. The number of aliphatic carboxylic acids is 2. The molecule has 0 saturated carbocycles. The Morgan fingerprint density at radius 1 is 0.833 bits per heavy atom. The molecule has 228 valence electrons. The maximum atomic E-state index is 12.0. The Hall–Kier alpha value is -3.73. The molecule has 0 bridgehead atoms. The molecule has 3 rings (SSSR count). The first kappa shape index (κ1) is 34.5. The molecule has 22 heteroatoms. The van der Waals surface area contributed by atoms with Crippen molar-refractivity contribution < 1.29 is 28.2 Å². The fourth-order valence-electron chi connectivity index (χ4n) is 2.61. The predicted molar refractivity (Wildman–Crippen MR) is 168 cm³/mol. The molecule has 42 heavy (non-hydrogen) atoms. The van der Waals surface area contributed by atoms with Crippen LogP contribution in [0.3, 0.4) is 0 Å². The number of thioether (sulfide) groups is 2. The summed E-state index contributed by atoms with van der Waals surface area (Å²) in [6.45, 7) is 0. The smallest absolute Gasteiger partial charge is 0.366 e. The molecule has 2 aromatic rings. The third kappa shape index (κ3) is 14.8. The van der Waals surface area contributed by atoms with Crippen LogP contribution in [0, 0.1) is 0 Å². The van der Waals surface area contributed by atoms with E-state index in [4.69, 9.17) is 33.1 Å². The summed E-state index contributed by atoms with van der Waals surface area (Å²) in [5, 5.41) is 23.4. The minimum absolute atomic E-state index is 0.0351. The summed E-state index contributed by atoms with van der Waals surface area (Å²) in [4.78, 5) is 35.5. The summed E-state index contributed by atoms with van der Waals surface area (Å²) in [6.07, 6.45) is 2.02. The van der Waals surface area contributed by atoms with Gasteiger partial charge in [-0.15, -0.1) is 31.5 Å². The minimum Gasteiger partial charge on any atom is -0.478 e. The van der Waals surface area contributed by atoms with Crippen LogP contribution in [0.5, 0.6) is 0 Å². The van der Waals surface area contributed by atoms with Gasteiger partial charge in [-0.3, -0.25) is 0 Å². The lowest BCUT2D eigenvalue weighted by Gasteiger charge is -2.15. The largest absolute Gasteiger partial charge is 0.478 e. The van der Waals surface area contributed by atoms with Crippen LogP contribution < -0.4 is 28.3 Å². The first-order valence-electron chi connectivity index (χ1n) is 11.4. The predicted octanol–water partition coefficient (Wildman–Crippen LogP) is 0.713. The summed E-state index contributed by atoms with van der Waals surface area (Å²) < 4.78 is 31.5. The van der Waals surface area contributed by atoms with Crippen molar-refractivity contribution in [1.29, 1.82) is 0 Å². The van der Waals surface area contributed by atoms with Crippen molar-refractivity contribution in [3.8, 4) is 0 Å². The van der Waals surface area contributed by atoms with E-state index in [9.17, 15) is 18.0 Å². The topological polar surface area (TPSA) is 300 Å². The molecule has 11 N–H and O–H groups in total. The zero-order valence-electron chi connectivity index (χ0n) is 21.6. The van der Waals surface area contributed by atoms with Crippen molar-refractivity contribution in [2.45, 2.75) is 24.3 Å². The van der Waals surface area contributed by atoms with Gasteiger partial charge < -0.3 is 38.5 Å². The molecule has 17 nitrogen and oxygen atoms in total. The summed E-state index contributed by atoms with van der Waals surface area (Å²) in [5.74, 6) is 0.775. The number of hydrogen-bond acceptors (Lipinski definition) is 13. The number of aromatic nitrogens is 2. The molecule has 0 aromatic carbocycles. The van der Waals surface area contributed by atoms with E-state index >= 15 is 0 Å². The molecule has 0 atom stereocenters. The van der Waals surface area contributed by atoms with E-state index in [0.717, 1.165) is 11.4 Å². The molecule has 2 aromatic heterocycles. The van der Waals surface area contributed by atoms with Gasteiger partial charge in [0, 0.05) is 58.8 Å². The van der Waals surface area contributed by atoms with Gasteiger partial charge >= 0.3 is 22.1 Å². The molecule has 3 heterocycles. The van der Waals surface area contributed by atoms with E-state index < -0.39 is 22.1 Å². The van der Waals surface area contributed by atoms with Gasteiger partial charge in [0.1, 0.15) is 11.7 Å². The number of carboxylic acids is 2. The molecule has 0 amide bonds. The highest BCUT2D eigenvalue weighted by Gasteiger charge is 2.19. The number of nitrogens with two attached hydrogens (primary N) is 4. The summed E-state index contributed by atoms with van der Waals surface area (Å²) in [5.41, 5.74) is 23.1. The van der Waals surface area contributed by atoms with E-state index in [2.05, 4.69) is 34.1 Å². The maximum absolute atomic E-state index is 12.0. The van der Waals surface area contributed by atoms with Gasteiger partial charge in [-0.25, -0.2) is 19.6 Å². The standard InChI is InChI=1S/C16H23N11O2S5.C4H4O4/c17-13(18)24-15-21-9(7-32-15)5-30-3-1-11-23-12(27-34(28,29)26-11)2-4-31-6-10-8-33-16(22-10)25-14(19)20;5-3(6)1-2-4(7)8/h7-8H,1-6H2,(H,23,26,27)(H4,17,18,21,24)(H4,19,20,22,25);1-2H,(H,5,6)(H,7,8)/b;2-1-. The zero-order valence-corrected chi connectivity index (χ0v) is 25.7. The van der Waals surface area contributed by atoms with Gasteiger partial charge in [0.2, 0.25) is 10.3 Å². The molecule has 0 aliphatic carbocycles. The second kappa shape index (κ2) is 17.3. The summed E-state index contributed by atoms with van der Waals surface area (Å²) in [7, 11) is -3.88. The number of amidine groups is 2. The Kier molecular flexibility index (Phi) is 14.2. The molecule has 0 saturated heterocycles. The number of nitrogens with zero attached hydrogens (tertiary/aromatic N) is 6. The monoisotopic (exact) mass is 677 g/mol. The number of guanidine groups is 2. The number of aliphatic imine (C=N–C) groups is 2. The van der Waals surface area contributed by atoms with Gasteiger partial charge in [-0.05, 0) is 0 Å². The number of carbonyl (C=O) groups is 2. The quantitative estimate of drug-likeness (QED) is 0.0627.